The molecule has 4 rings (SSSR count). The zero-order chi connectivity index (χ0) is 16.1. The zero-order valence-electron chi connectivity index (χ0n) is 11.9. The van der Waals surface area contributed by atoms with Crippen molar-refractivity contribution in [2.45, 2.75) is 6.42 Å². The van der Waals surface area contributed by atoms with Gasteiger partial charge in [-0.1, -0.05) is 39.4 Å². The van der Waals surface area contributed by atoms with Crippen LogP contribution in [0.25, 0.3) is 10.2 Å². The average molecular weight is 393 g/mol. The van der Waals surface area contributed by atoms with Gasteiger partial charge in [-0.25, -0.2) is 4.98 Å². The molecule has 1 heterocycles. The third-order valence-corrected chi connectivity index (χ3v) is 6.05. The molecule has 0 radical (unpaired) electrons. The second kappa shape index (κ2) is 5.42. The summed E-state index contributed by atoms with van der Waals surface area (Å²) in [5.41, 5.74) is 0.816. The van der Waals surface area contributed by atoms with Crippen molar-refractivity contribution in [3.05, 3.63) is 34.8 Å². The number of hydrogen-bond donors (Lipinski definition) is 2. The molecule has 0 spiro atoms. The molecule has 2 N–H and O–H groups in total. The highest BCUT2D eigenvalue weighted by atomic mass is 79.9. The predicted octanol–water partition coefficient (Wildman–Crippen LogP) is 3.52. The highest BCUT2D eigenvalue weighted by Crippen LogP contribution is 2.48. The van der Waals surface area contributed by atoms with E-state index in [1.807, 2.05) is 30.4 Å². The fourth-order valence-corrected chi connectivity index (χ4v) is 5.08. The van der Waals surface area contributed by atoms with Crippen molar-refractivity contribution in [2.24, 2.45) is 23.7 Å². The van der Waals surface area contributed by atoms with Gasteiger partial charge in [-0.3, -0.25) is 9.59 Å². The maximum Gasteiger partial charge on any atom is 0.307 e. The Bertz CT molecular complexity index is 847. The normalized spacial score (nSPS) is 28.4. The maximum absolute atomic E-state index is 12.6. The maximum atomic E-state index is 12.6. The highest BCUT2D eigenvalue weighted by molar-refractivity contribution is 9.10. The molecule has 1 aromatic heterocycles. The number of nitrogens with zero attached hydrogens (tertiary/aromatic N) is 1. The van der Waals surface area contributed by atoms with E-state index in [4.69, 9.17) is 0 Å². The highest BCUT2D eigenvalue weighted by Gasteiger charge is 2.51. The average Bonchev–Trinajstić information content (AvgIpc) is 3.18. The summed E-state index contributed by atoms with van der Waals surface area (Å²) in [7, 11) is 0. The number of carbonyl (C=O) groups is 2. The van der Waals surface area contributed by atoms with Crippen LogP contribution in [0.4, 0.5) is 5.13 Å². The van der Waals surface area contributed by atoms with E-state index in [0.29, 0.717) is 5.13 Å². The molecule has 2 bridgehead atoms. The number of aliphatic carboxylic acids is 1. The van der Waals surface area contributed by atoms with Gasteiger partial charge >= 0.3 is 5.97 Å². The molecule has 1 amide bonds. The zero-order valence-corrected chi connectivity index (χ0v) is 14.3. The number of carbonyl (C=O) groups excluding carboxylic acids is 1. The van der Waals surface area contributed by atoms with E-state index >= 15 is 0 Å². The number of nitrogens with one attached hydrogen (secondary N) is 1. The lowest BCUT2D eigenvalue weighted by atomic mass is 9.82. The largest absolute Gasteiger partial charge is 0.481 e. The molecule has 5 nitrogen and oxygen atoms in total. The van der Waals surface area contributed by atoms with Crippen LogP contribution in [0.3, 0.4) is 0 Å². The lowest BCUT2D eigenvalue weighted by molar-refractivity contribution is -0.146. The molecule has 23 heavy (non-hydrogen) atoms. The summed E-state index contributed by atoms with van der Waals surface area (Å²) in [6.07, 6.45) is 4.66. The number of anilines is 1. The summed E-state index contributed by atoms with van der Waals surface area (Å²) in [4.78, 5) is 28.5. The Morgan fingerprint density at radius 1 is 1.26 bits per heavy atom. The Balaban J connectivity index is 1.59. The number of rotatable bonds is 3. The molecular weight excluding hydrogens is 380 g/mol. The Labute approximate surface area is 144 Å². The van der Waals surface area contributed by atoms with Crippen LogP contribution in [0, 0.1) is 23.7 Å². The number of halogens is 1. The van der Waals surface area contributed by atoms with E-state index in [1.54, 1.807) is 0 Å². The molecule has 118 valence electrons. The number of carboxylic acids is 1. The van der Waals surface area contributed by atoms with Crippen LogP contribution >= 0.6 is 27.3 Å². The number of carboxylic acid groups (broad SMARTS) is 1. The van der Waals surface area contributed by atoms with E-state index in [0.717, 1.165) is 21.1 Å². The summed E-state index contributed by atoms with van der Waals surface area (Å²) in [6, 6.07) is 5.73. The SMILES string of the molecule is O=C(O)C1C2C=CC(C2)C1C(=O)Nc1nc2ccc(Br)cc2s1. The third-order valence-electron chi connectivity index (χ3n) is 4.63. The van der Waals surface area contributed by atoms with Crippen molar-refractivity contribution in [1.29, 1.82) is 0 Å². The Morgan fingerprint density at radius 3 is 2.74 bits per heavy atom. The predicted molar refractivity (Wildman–Crippen MR) is 91.3 cm³/mol. The first-order valence-electron chi connectivity index (χ1n) is 7.31. The molecule has 0 aliphatic heterocycles. The van der Waals surface area contributed by atoms with E-state index in [9.17, 15) is 14.7 Å². The summed E-state index contributed by atoms with van der Waals surface area (Å²) in [5.74, 6) is -2.29. The fourth-order valence-electron chi connectivity index (χ4n) is 3.66. The molecule has 0 saturated heterocycles. The van der Waals surface area contributed by atoms with Crippen molar-refractivity contribution in [3.63, 3.8) is 0 Å². The van der Waals surface area contributed by atoms with Gasteiger partial charge in [0.05, 0.1) is 22.1 Å². The minimum absolute atomic E-state index is 0.0182. The van der Waals surface area contributed by atoms with Crippen LogP contribution < -0.4 is 5.32 Å². The number of amides is 1. The molecular formula is C16H13BrN2O3S. The summed E-state index contributed by atoms with van der Waals surface area (Å²) in [6.45, 7) is 0. The lowest BCUT2D eigenvalue weighted by Gasteiger charge is -2.23. The van der Waals surface area contributed by atoms with E-state index in [2.05, 4.69) is 26.2 Å². The van der Waals surface area contributed by atoms with Gasteiger partial charge in [0.1, 0.15) is 0 Å². The van der Waals surface area contributed by atoms with Gasteiger partial charge in [0.2, 0.25) is 5.91 Å². The van der Waals surface area contributed by atoms with E-state index in [-0.39, 0.29) is 17.7 Å². The number of fused-ring (bicyclic) bond motifs is 3. The number of benzene rings is 1. The van der Waals surface area contributed by atoms with E-state index in [1.165, 1.54) is 11.3 Å². The van der Waals surface area contributed by atoms with Crippen LogP contribution in [-0.4, -0.2) is 22.0 Å². The molecule has 4 atom stereocenters. The quantitative estimate of drug-likeness (QED) is 0.783. The Morgan fingerprint density at radius 2 is 2.00 bits per heavy atom. The van der Waals surface area contributed by atoms with Crippen LogP contribution in [0.5, 0.6) is 0 Å². The first-order chi connectivity index (χ1) is 11.0. The van der Waals surface area contributed by atoms with Crippen molar-refractivity contribution in [1.82, 2.24) is 4.98 Å². The first kappa shape index (κ1) is 14.8. The topological polar surface area (TPSA) is 79.3 Å². The summed E-state index contributed by atoms with van der Waals surface area (Å²) < 4.78 is 1.92. The van der Waals surface area contributed by atoms with Crippen LogP contribution in [0.1, 0.15) is 6.42 Å². The van der Waals surface area contributed by atoms with Crippen molar-refractivity contribution in [3.8, 4) is 0 Å². The van der Waals surface area contributed by atoms with Gasteiger partial charge in [-0.2, -0.15) is 0 Å². The van der Waals surface area contributed by atoms with E-state index < -0.39 is 17.8 Å². The molecule has 2 aromatic rings. The van der Waals surface area contributed by atoms with Crippen LogP contribution in [0.2, 0.25) is 0 Å². The first-order valence-corrected chi connectivity index (χ1v) is 8.92. The Kier molecular flexibility index (Phi) is 3.50. The molecule has 2 aliphatic rings. The number of thiazole rings is 1. The van der Waals surface area contributed by atoms with Gasteiger partial charge in [0.25, 0.3) is 0 Å². The smallest absolute Gasteiger partial charge is 0.307 e. The monoisotopic (exact) mass is 392 g/mol. The molecule has 4 unspecified atom stereocenters. The summed E-state index contributed by atoms with van der Waals surface area (Å²) in [5, 5.41) is 12.8. The minimum Gasteiger partial charge on any atom is -0.481 e. The molecule has 1 fully saturated rings. The van der Waals surface area contributed by atoms with Crippen LogP contribution in [-0.2, 0) is 9.59 Å². The number of allylic oxidation sites excluding steroid dienone is 2. The van der Waals surface area contributed by atoms with Gasteiger partial charge < -0.3 is 10.4 Å². The minimum atomic E-state index is -0.893. The van der Waals surface area contributed by atoms with Crippen molar-refractivity contribution >= 4 is 54.5 Å². The fraction of sp³-hybridized carbons (Fsp3) is 0.312. The second-order valence-corrected chi connectivity index (χ2v) is 7.90. The molecule has 1 saturated carbocycles. The molecule has 2 aliphatic carbocycles. The molecule has 7 heteroatoms. The van der Waals surface area contributed by atoms with Gasteiger partial charge in [-0.05, 0) is 36.5 Å². The Hall–Kier alpha value is -1.73. The number of aromatic nitrogens is 1. The van der Waals surface area contributed by atoms with Gasteiger partial charge in [-0.15, -0.1) is 0 Å². The standard InChI is InChI=1S/C16H13BrN2O3S/c17-9-3-4-10-11(6-9)23-16(18-10)19-14(20)12-7-1-2-8(5-7)13(12)15(21)22/h1-4,6-8,12-13H,5H2,(H,21,22)(H,18,19,20). The van der Waals surface area contributed by atoms with Crippen molar-refractivity contribution < 1.29 is 14.7 Å². The van der Waals surface area contributed by atoms with Gasteiger partial charge in [0.15, 0.2) is 5.13 Å². The third kappa shape index (κ3) is 2.48. The lowest BCUT2D eigenvalue weighted by Crippen LogP contribution is -2.36. The van der Waals surface area contributed by atoms with Crippen molar-refractivity contribution in [2.75, 3.05) is 5.32 Å². The second-order valence-electron chi connectivity index (χ2n) is 5.96. The van der Waals surface area contributed by atoms with Crippen LogP contribution in [0.15, 0.2) is 34.8 Å². The van der Waals surface area contributed by atoms with Gasteiger partial charge in [0, 0.05) is 4.47 Å². The molecule has 1 aromatic carbocycles. The number of hydrogen-bond acceptors (Lipinski definition) is 4. The summed E-state index contributed by atoms with van der Waals surface area (Å²) >= 11 is 4.80.